The van der Waals surface area contributed by atoms with Gasteiger partial charge in [0.15, 0.2) is 0 Å². The highest BCUT2D eigenvalue weighted by Crippen LogP contribution is 2.30. The molecule has 0 unspecified atom stereocenters. The number of nitrogens with zero attached hydrogens (tertiary/aromatic N) is 1. The Bertz CT molecular complexity index is 436. The minimum atomic E-state index is 0.622. The van der Waals surface area contributed by atoms with Gasteiger partial charge >= 0.3 is 0 Å². The van der Waals surface area contributed by atoms with E-state index in [0.29, 0.717) is 5.82 Å². The van der Waals surface area contributed by atoms with E-state index < -0.39 is 0 Å². The summed E-state index contributed by atoms with van der Waals surface area (Å²) in [5.41, 5.74) is 6.93. The molecule has 4 heteroatoms. The minimum Gasteiger partial charge on any atom is -0.383 e. The SMILES string of the molecule is Cc1cccc(Sc2cn[nH]c2N)c1. The number of hydrogen-bond donors (Lipinski definition) is 2. The average molecular weight is 205 g/mol. The smallest absolute Gasteiger partial charge is 0.133 e. The molecule has 1 aromatic heterocycles. The van der Waals surface area contributed by atoms with Gasteiger partial charge in [-0.25, -0.2) is 0 Å². The fourth-order valence-corrected chi connectivity index (χ4v) is 2.08. The van der Waals surface area contributed by atoms with Crippen molar-refractivity contribution in [3.63, 3.8) is 0 Å². The van der Waals surface area contributed by atoms with E-state index in [0.717, 1.165) is 4.90 Å². The third kappa shape index (κ3) is 1.90. The van der Waals surface area contributed by atoms with Gasteiger partial charge in [-0.15, -0.1) is 0 Å². The molecule has 1 heterocycles. The molecular weight excluding hydrogens is 194 g/mol. The normalized spacial score (nSPS) is 10.4. The van der Waals surface area contributed by atoms with Crippen molar-refractivity contribution in [3.8, 4) is 0 Å². The first-order valence-electron chi connectivity index (χ1n) is 4.29. The van der Waals surface area contributed by atoms with Gasteiger partial charge < -0.3 is 5.73 Å². The zero-order valence-electron chi connectivity index (χ0n) is 7.82. The molecule has 0 saturated carbocycles. The summed E-state index contributed by atoms with van der Waals surface area (Å²) >= 11 is 1.62. The van der Waals surface area contributed by atoms with Gasteiger partial charge in [-0.2, -0.15) is 5.10 Å². The Hall–Kier alpha value is -1.42. The minimum absolute atomic E-state index is 0.622. The zero-order chi connectivity index (χ0) is 9.97. The molecule has 72 valence electrons. The van der Waals surface area contributed by atoms with E-state index in [9.17, 15) is 0 Å². The van der Waals surface area contributed by atoms with E-state index in [1.54, 1.807) is 18.0 Å². The van der Waals surface area contributed by atoms with Crippen molar-refractivity contribution >= 4 is 17.6 Å². The topological polar surface area (TPSA) is 54.7 Å². The van der Waals surface area contributed by atoms with Crippen LogP contribution in [0.1, 0.15) is 5.56 Å². The van der Waals surface area contributed by atoms with Crippen LogP contribution in [-0.2, 0) is 0 Å². The molecule has 0 aliphatic carbocycles. The third-order valence-corrected chi connectivity index (χ3v) is 2.88. The first-order valence-corrected chi connectivity index (χ1v) is 5.11. The van der Waals surface area contributed by atoms with Crippen molar-refractivity contribution in [1.29, 1.82) is 0 Å². The molecule has 0 amide bonds. The fourth-order valence-electron chi connectivity index (χ4n) is 1.17. The van der Waals surface area contributed by atoms with Gasteiger partial charge in [0.05, 0.1) is 11.1 Å². The summed E-state index contributed by atoms with van der Waals surface area (Å²) in [6.45, 7) is 2.07. The van der Waals surface area contributed by atoms with E-state index in [-0.39, 0.29) is 0 Å². The Balaban J connectivity index is 2.23. The summed E-state index contributed by atoms with van der Waals surface area (Å²) in [7, 11) is 0. The molecule has 2 aromatic rings. The fraction of sp³-hybridized carbons (Fsp3) is 0.100. The first-order chi connectivity index (χ1) is 6.75. The molecule has 0 spiro atoms. The third-order valence-electron chi connectivity index (χ3n) is 1.85. The number of H-pyrrole nitrogens is 1. The number of hydrogen-bond acceptors (Lipinski definition) is 3. The maximum absolute atomic E-state index is 5.69. The van der Waals surface area contributed by atoms with E-state index in [2.05, 4.69) is 35.3 Å². The van der Waals surface area contributed by atoms with Crippen molar-refractivity contribution in [2.75, 3.05) is 5.73 Å². The number of rotatable bonds is 2. The second kappa shape index (κ2) is 3.75. The molecule has 0 bridgehead atoms. The van der Waals surface area contributed by atoms with Crippen LogP contribution in [-0.4, -0.2) is 10.2 Å². The largest absolute Gasteiger partial charge is 0.383 e. The van der Waals surface area contributed by atoms with Gasteiger partial charge in [0.25, 0.3) is 0 Å². The summed E-state index contributed by atoms with van der Waals surface area (Å²) in [5.74, 6) is 0.622. The average Bonchev–Trinajstić information content (AvgIpc) is 2.52. The molecule has 3 nitrogen and oxygen atoms in total. The van der Waals surface area contributed by atoms with Crippen LogP contribution in [0.25, 0.3) is 0 Å². The lowest BCUT2D eigenvalue weighted by Crippen LogP contribution is -1.85. The van der Waals surface area contributed by atoms with Crippen LogP contribution in [0.5, 0.6) is 0 Å². The van der Waals surface area contributed by atoms with Gasteiger partial charge in [0, 0.05) is 4.90 Å². The van der Waals surface area contributed by atoms with Crippen LogP contribution in [0.2, 0.25) is 0 Å². The van der Waals surface area contributed by atoms with Crippen molar-refractivity contribution < 1.29 is 0 Å². The zero-order valence-corrected chi connectivity index (χ0v) is 8.64. The highest BCUT2D eigenvalue weighted by Gasteiger charge is 2.03. The van der Waals surface area contributed by atoms with Gasteiger partial charge in [-0.1, -0.05) is 29.5 Å². The Labute approximate surface area is 86.7 Å². The van der Waals surface area contributed by atoms with Crippen LogP contribution in [0.4, 0.5) is 5.82 Å². The first kappa shape index (κ1) is 9.15. The van der Waals surface area contributed by atoms with Crippen molar-refractivity contribution in [3.05, 3.63) is 36.0 Å². The van der Waals surface area contributed by atoms with Crippen molar-refractivity contribution in [2.24, 2.45) is 0 Å². The Morgan fingerprint density at radius 2 is 2.29 bits per heavy atom. The molecule has 0 radical (unpaired) electrons. The second-order valence-corrected chi connectivity index (χ2v) is 4.18. The van der Waals surface area contributed by atoms with Crippen LogP contribution in [0.15, 0.2) is 40.3 Å². The van der Waals surface area contributed by atoms with Crippen molar-refractivity contribution in [1.82, 2.24) is 10.2 Å². The molecule has 1 aromatic carbocycles. The van der Waals surface area contributed by atoms with E-state index >= 15 is 0 Å². The lowest BCUT2D eigenvalue weighted by atomic mass is 10.2. The Kier molecular flexibility index (Phi) is 2.45. The van der Waals surface area contributed by atoms with Gasteiger partial charge in [0.1, 0.15) is 5.82 Å². The highest BCUT2D eigenvalue weighted by molar-refractivity contribution is 7.99. The van der Waals surface area contributed by atoms with Gasteiger partial charge in [-0.3, -0.25) is 5.10 Å². The molecule has 0 atom stereocenters. The molecule has 0 fully saturated rings. The number of aryl methyl sites for hydroxylation is 1. The molecule has 0 aliphatic rings. The van der Waals surface area contributed by atoms with E-state index in [4.69, 9.17) is 5.73 Å². The molecule has 0 aliphatic heterocycles. The lowest BCUT2D eigenvalue weighted by Gasteiger charge is -2.00. The quantitative estimate of drug-likeness (QED) is 0.791. The maximum atomic E-state index is 5.69. The second-order valence-electron chi connectivity index (χ2n) is 3.07. The summed E-state index contributed by atoms with van der Waals surface area (Å²) in [6, 6.07) is 8.29. The highest BCUT2D eigenvalue weighted by atomic mass is 32.2. The van der Waals surface area contributed by atoms with Crippen molar-refractivity contribution in [2.45, 2.75) is 16.7 Å². The number of nitrogens with one attached hydrogen (secondary N) is 1. The van der Waals surface area contributed by atoms with Crippen LogP contribution in [0, 0.1) is 6.92 Å². The summed E-state index contributed by atoms with van der Waals surface area (Å²) < 4.78 is 0. The van der Waals surface area contributed by atoms with Crippen LogP contribution >= 0.6 is 11.8 Å². The molecular formula is C10H11N3S. The van der Waals surface area contributed by atoms with Crippen LogP contribution in [0.3, 0.4) is 0 Å². The predicted octanol–water partition coefficient (Wildman–Crippen LogP) is 2.45. The molecule has 3 N–H and O–H groups in total. The number of nitrogens with two attached hydrogens (primary N) is 1. The Morgan fingerprint density at radius 3 is 2.93 bits per heavy atom. The monoisotopic (exact) mass is 205 g/mol. The number of anilines is 1. The maximum Gasteiger partial charge on any atom is 0.133 e. The van der Waals surface area contributed by atoms with E-state index in [1.807, 2.05) is 6.07 Å². The van der Waals surface area contributed by atoms with Gasteiger partial charge in [-0.05, 0) is 19.1 Å². The summed E-state index contributed by atoms with van der Waals surface area (Å²) in [6.07, 6.45) is 1.74. The standard InChI is InChI=1S/C10H11N3S/c1-7-3-2-4-8(5-7)14-9-6-12-13-10(9)11/h2-6H,1H3,(H3,11,12,13). The Morgan fingerprint density at radius 1 is 1.43 bits per heavy atom. The molecule has 14 heavy (non-hydrogen) atoms. The number of aromatic amines is 1. The lowest BCUT2D eigenvalue weighted by molar-refractivity contribution is 1.10. The number of aromatic nitrogens is 2. The molecule has 2 rings (SSSR count). The number of nitrogen functional groups attached to an aromatic ring is 1. The van der Waals surface area contributed by atoms with E-state index in [1.165, 1.54) is 10.5 Å². The number of benzene rings is 1. The summed E-state index contributed by atoms with van der Waals surface area (Å²) in [4.78, 5) is 2.15. The predicted molar refractivity (Wildman–Crippen MR) is 58.3 cm³/mol. The molecule has 0 saturated heterocycles. The van der Waals surface area contributed by atoms with Gasteiger partial charge in [0.2, 0.25) is 0 Å². The van der Waals surface area contributed by atoms with Crippen LogP contribution < -0.4 is 5.73 Å². The summed E-state index contributed by atoms with van der Waals surface area (Å²) in [5, 5.41) is 6.58.